The van der Waals surface area contributed by atoms with E-state index in [0.717, 1.165) is 0 Å². The molecule has 0 saturated heterocycles. The molecule has 2 rings (SSSR count). The van der Waals surface area contributed by atoms with Crippen LogP contribution in [0.3, 0.4) is 0 Å². The molecule has 0 atom stereocenters. The maximum absolute atomic E-state index is 11.5. The molecule has 1 aliphatic rings. The number of methoxy groups -OCH3 is 2. The van der Waals surface area contributed by atoms with E-state index >= 15 is 0 Å². The molecule has 0 bridgehead atoms. The standard InChI is InChI=1S/C12H12O4/c1-14-8-3-4-11-10(7-8)9(5-6-16-11)12(13)15-2/h3-5,7H,6H2,1-2H3. The van der Waals surface area contributed by atoms with E-state index in [1.165, 1.54) is 7.11 Å². The monoisotopic (exact) mass is 220 g/mol. The van der Waals surface area contributed by atoms with Crippen LogP contribution in [0, 0.1) is 0 Å². The van der Waals surface area contributed by atoms with Crippen LogP contribution >= 0.6 is 0 Å². The number of rotatable bonds is 2. The van der Waals surface area contributed by atoms with Crippen LogP contribution in [0.1, 0.15) is 5.56 Å². The Morgan fingerprint density at radius 1 is 1.38 bits per heavy atom. The Bertz CT molecular complexity index is 448. The number of fused-ring (bicyclic) bond motifs is 1. The van der Waals surface area contributed by atoms with Crippen molar-refractivity contribution in [3.05, 3.63) is 29.8 Å². The number of carbonyl (C=O) groups excluding carboxylic acids is 1. The Labute approximate surface area is 93.4 Å². The van der Waals surface area contributed by atoms with Gasteiger partial charge in [-0.1, -0.05) is 0 Å². The van der Waals surface area contributed by atoms with Crippen molar-refractivity contribution in [2.24, 2.45) is 0 Å². The van der Waals surface area contributed by atoms with Crippen molar-refractivity contribution >= 4 is 11.5 Å². The normalized spacial score (nSPS) is 13.2. The van der Waals surface area contributed by atoms with E-state index in [4.69, 9.17) is 14.2 Å². The van der Waals surface area contributed by atoms with Gasteiger partial charge in [-0.25, -0.2) is 4.79 Å². The topological polar surface area (TPSA) is 44.8 Å². The molecule has 1 aromatic rings. The van der Waals surface area contributed by atoms with E-state index in [9.17, 15) is 4.79 Å². The first kappa shape index (κ1) is 10.5. The van der Waals surface area contributed by atoms with E-state index in [-0.39, 0.29) is 5.97 Å². The summed E-state index contributed by atoms with van der Waals surface area (Å²) in [6.45, 7) is 0.379. The lowest BCUT2D eigenvalue weighted by molar-refractivity contribution is -0.133. The summed E-state index contributed by atoms with van der Waals surface area (Å²) in [4.78, 5) is 11.5. The minimum absolute atomic E-state index is 0.363. The first-order valence-corrected chi connectivity index (χ1v) is 4.86. The third-order valence-corrected chi connectivity index (χ3v) is 2.41. The Morgan fingerprint density at radius 3 is 2.88 bits per heavy atom. The zero-order chi connectivity index (χ0) is 11.5. The molecular weight excluding hydrogens is 208 g/mol. The minimum atomic E-state index is -0.363. The zero-order valence-electron chi connectivity index (χ0n) is 9.15. The number of hydrogen-bond donors (Lipinski definition) is 0. The van der Waals surface area contributed by atoms with Gasteiger partial charge in [0.05, 0.1) is 19.8 Å². The zero-order valence-corrected chi connectivity index (χ0v) is 9.15. The fraction of sp³-hybridized carbons (Fsp3) is 0.250. The predicted molar refractivity (Wildman–Crippen MR) is 58.5 cm³/mol. The lowest BCUT2D eigenvalue weighted by atomic mass is 10.0. The molecule has 0 saturated carbocycles. The van der Waals surface area contributed by atoms with Crippen molar-refractivity contribution in [1.82, 2.24) is 0 Å². The molecule has 0 fully saturated rings. The molecule has 0 N–H and O–H groups in total. The number of benzene rings is 1. The fourth-order valence-corrected chi connectivity index (χ4v) is 1.60. The van der Waals surface area contributed by atoms with Gasteiger partial charge in [0.25, 0.3) is 0 Å². The molecule has 0 unspecified atom stereocenters. The second kappa shape index (κ2) is 4.26. The molecule has 4 nitrogen and oxygen atoms in total. The highest BCUT2D eigenvalue weighted by Gasteiger charge is 2.20. The number of carbonyl (C=O) groups is 1. The van der Waals surface area contributed by atoms with E-state index in [0.29, 0.717) is 29.2 Å². The Hall–Kier alpha value is -1.97. The summed E-state index contributed by atoms with van der Waals surface area (Å²) in [7, 11) is 2.94. The maximum atomic E-state index is 11.5. The van der Waals surface area contributed by atoms with Crippen molar-refractivity contribution in [2.75, 3.05) is 20.8 Å². The van der Waals surface area contributed by atoms with Gasteiger partial charge in [-0.15, -0.1) is 0 Å². The lowest BCUT2D eigenvalue weighted by Crippen LogP contribution is -2.12. The molecule has 1 aliphatic heterocycles. The largest absolute Gasteiger partial charge is 0.497 e. The summed E-state index contributed by atoms with van der Waals surface area (Å²) in [5.41, 5.74) is 1.22. The molecular formula is C12H12O4. The molecule has 0 spiro atoms. The van der Waals surface area contributed by atoms with E-state index < -0.39 is 0 Å². The van der Waals surface area contributed by atoms with Crippen molar-refractivity contribution in [1.29, 1.82) is 0 Å². The van der Waals surface area contributed by atoms with Gasteiger partial charge < -0.3 is 14.2 Å². The second-order valence-corrected chi connectivity index (χ2v) is 3.28. The summed E-state index contributed by atoms with van der Waals surface area (Å²) in [5, 5.41) is 0. The predicted octanol–water partition coefficient (Wildman–Crippen LogP) is 1.64. The average Bonchev–Trinajstić information content (AvgIpc) is 2.36. The fourth-order valence-electron chi connectivity index (χ4n) is 1.60. The van der Waals surface area contributed by atoms with Crippen LogP contribution in [0.2, 0.25) is 0 Å². The van der Waals surface area contributed by atoms with Crippen LogP contribution in [0.5, 0.6) is 11.5 Å². The number of hydrogen-bond acceptors (Lipinski definition) is 4. The molecule has 0 aromatic heterocycles. The molecule has 1 aromatic carbocycles. The summed E-state index contributed by atoms with van der Waals surface area (Å²) in [5.74, 6) is 0.987. The number of esters is 1. The van der Waals surface area contributed by atoms with Crippen LogP contribution in [0.4, 0.5) is 0 Å². The first-order valence-electron chi connectivity index (χ1n) is 4.86. The van der Waals surface area contributed by atoms with Crippen LogP contribution in [-0.2, 0) is 9.53 Å². The Morgan fingerprint density at radius 2 is 2.19 bits per heavy atom. The Balaban J connectivity index is 2.46. The third-order valence-electron chi connectivity index (χ3n) is 2.41. The van der Waals surface area contributed by atoms with Crippen molar-refractivity contribution in [3.8, 4) is 11.5 Å². The SMILES string of the molecule is COC(=O)C1=CCOc2ccc(OC)cc21. The Kier molecular flexibility index (Phi) is 2.81. The van der Waals surface area contributed by atoms with Gasteiger partial charge in [-0.2, -0.15) is 0 Å². The van der Waals surface area contributed by atoms with E-state index in [1.807, 2.05) is 0 Å². The molecule has 84 valence electrons. The van der Waals surface area contributed by atoms with E-state index in [2.05, 4.69) is 0 Å². The van der Waals surface area contributed by atoms with Gasteiger partial charge in [0.15, 0.2) is 0 Å². The summed E-state index contributed by atoms with van der Waals surface area (Å²) >= 11 is 0. The van der Waals surface area contributed by atoms with Crippen molar-refractivity contribution in [3.63, 3.8) is 0 Å². The molecule has 4 heteroatoms. The van der Waals surface area contributed by atoms with Crippen molar-refractivity contribution in [2.45, 2.75) is 0 Å². The van der Waals surface area contributed by atoms with E-state index in [1.54, 1.807) is 31.4 Å². The molecule has 1 heterocycles. The maximum Gasteiger partial charge on any atom is 0.338 e. The highest BCUT2D eigenvalue weighted by molar-refractivity contribution is 6.17. The van der Waals surface area contributed by atoms with Gasteiger partial charge in [0.1, 0.15) is 18.1 Å². The molecule has 0 aliphatic carbocycles. The van der Waals surface area contributed by atoms with Gasteiger partial charge in [-0.05, 0) is 24.3 Å². The van der Waals surface area contributed by atoms with Crippen LogP contribution in [0.25, 0.3) is 5.57 Å². The van der Waals surface area contributed by atoms with Gasteiger partial charge in [0.2, 0.25) is 0 Å². The summed E-state index contributed by atoms with van der Waals surface area (Å²) in [6, 6.07) is 5.33. The van der Waals surface area contributed by atoms with Crippen LogP contribution < -0.4 is 9.47 Å². The quantitative estimate of drug-likeness (QED) is 0.711. The van der Waals surface area contributed by atoms with Gasteiger partial charge >= 0.3 is 5.97 Å². The first-order chi connectivity index (χ1) is 7.76. The highest BCUT2D eigenvalue weighted by Crippen LogP contribution is 2.33. The average molecular weight is 220 g/mol. The molecule has 16 heavy (non-hydrogen) atoms. The molecule has 0 radical (unpaired) electrons. The van der Waals surface area contributed by atoms with Gasteiger partial charge in [-0.3, -0.25) is 0 Å². The molecule has 0 amide bonds. The smallest absolute Gasteiger partial charge is 0.338 e. The summed E-state index contributed by atoms with van der Waals surface area (Å²) in [6.07, 6.45) is 1.70. The van der Waals surface area contributed by atoms with Crippen LogP contribution in [0.15, 0.2) is 24.3 Å². The van der Waals surface area contributed by atoms with Gasteiger partial charge in [0, 0.05) is 5.56 Å². The summed E-state index contributed by atoms with van der Waals surface area (Å²) < 4.78 is 15.2. The van der Waals surface area contributed by atoms with Crippen molar-refractivity contribution < 1.29 is 19.0 Å². The third kappa shape index (κ3) is 1.74. The number of ether oxygens (including phenoxy) is 3. The van der Waals surface area contributed by atoms with Crippen LogP contribution in [-0.4, -0.2) is 26.8 Å². The highest BCUT2D eigenvalue weighted by atomic mass is 16.5. The second-order valence-electron chi connectivity index (χ2n) is 3.28. The minimum Gasteiger partial charge on any atom is -0.497 e. The lowest BCUT2D eigenvalue weighted by Gasteiger charge is -2.17.